The maximum absolute atomic E-state index is 12.9. The van der Waals surface area contributed by atoms with Crippen molar-refractivity contribution in [2.24, 2.45) is 5.92 Å². The number of aromatic nitrogens is 1. The van der Waals surface area contributed by atoms with Crippen molar-refractivity contribution in [2.75, 3.05) is 26.2 Å². The second-order valence-corrected chi connectivity index (χ2v) is 8.48. The topological polar surface area (TPSA) is 48.5 Å². The minimum Gasteiger partial charge on any atom is -0.328 e. The summed E-state index contributed by atoms with van der Waals surface area (Å²) in [5, 5.41) is 6.49. The number of likely N-dealkylation sites (tertiary alicyclic amines) is 2. The number of carbonyl (C=O) groups is 1. The molecule has 4 rings (SSSR count). The molecular formula is C18H28N4OS. The zero-order valence-corrected chi connectivity index (χ0v) is 15.4. The standard InChI is InChI=1S/C18H28N4OS/c1-13-12-24-17(19-13)16(14-6-7-14)20-18(23)22-10-4-5-15(22)11-21-8-2-3-9-21/h12,14-16H,2-11H2,1H3,(H,20,23). The number of carbonyl (C=O) groups excluding carboxylic acids is 1. The van der Waals surface area contributed by atoms with E-state index in [1.54, 1.807) is 11.3 Å². The highest BCUT2D eigenvalue weighted by molar-refractivity contribution is 7.09. The van der Waals surface area contributed by atoms with E-state index in [0.717, 1.165) is 36.6 Å². The van der Waals surface area contributed by atoms with Gasteiger partial charge < -0.3 is 15.1 Å². The summed E-state index contributed by atoms with van der Waals surface area (Å²) in [6, 6.07) is 0.631. The van der Waals surface area contributed by atoms with E-state index >= 15 is 0 Å². The number of hydrogen-bond acceptors (Lipinski definition) is 4. The van der Waals surface area contributed by atoms with Gasteiger partial charge in [-0.15, -0.1) is 11.3 Å². The molecule has 24 heavy (non-hydrogen) atoms. The smallest absolute Gasteiger partial charge is 0.318 e. The van der Waals surface area contributed by atoms with Gasteiger partial charge in [0.15, 0.2) is 0 Å². The molecule has 3 heterocycles. The fourth-order valence-corrected chi connectivity index (χ4v) is 5.04. The Hall–Kier alpha value is -1.14. The Morgan fingerprint density at radius 1 is 1.29 bits per heavy atom. The Bertz CT molecular complexity index is 579. The summed E-state index contributed by atoms with van der Waals surface area (Å²) in [5.74, 6) is 0.583. The SMILES string of the molecule is Cc1csc(C(NC(=O)N2CCCC2CN2CCCC2)C2CC2)n1. The third-order valence-electron chi connectivity index (χ3n) is 5.58. The second kappa shape index (κ2) is 7.00. The Balaban J connectivity index is 1.40. The first-order valence-electron chi connectivity index (χ1n) is 9.42. The fourth-order valence-electron chi connectivity index (χ4n) is 4.10. The normalized spacial score (nSPS) is 26.0. The molecule has 1 saturated carbocycles. The predicted molar refractivity (Wildman–Crippen MR) is 96.2 cm³/mol. The highest BCUT2D eigenvalue weighted by atomic mass is 32.1. The summed E-state index contributed by atoms with van der Waals surface area (Å²) in [7, 11) is 0. The lowest BCUT2D eigenvalue weighted by molar-refractivity contribution is 0.170. The van der Waals surface area contributed by atoms with Crippen LogP contribution in [0, 0.1) is 12.8 Å². The molecule has 2 unspecified atom stereocenters. The molecule has 2 aliphatic heterocycles. The number of rotatable bonds is 5. The van der Waals surface area contributed by atoms with Crippen LogP contribution in [0.3, 0.4) is 0 Å². The van der Waals surface area contributed by atoms with Crippen molar-refractivity contribution >= 4 is 17.4 Å². The van der Waals surface area contributed by atoms with E-state index < -0.39 is 0 Å². The fraction of sp³-hybridized carbons (Fsp3) is 0.778. The molecule has 6 heteroatoms. The maximum atomic E-state index is 12.9. The van der Waals surface area contributed by atoms with Gasteiger partial charge in [0.2, 0.25) is 0 Å². The number of thiazole rings is 1. The third kappa shape index (κ3) is 3.59. The van der Waals surface area contributed by atoms with Crippen LogP contribution in [0.25, 0.3) is 0 Å². The highest BCUT2D eigenvalue weighted by Gasteiger charge is 2.38. The van der Waals surface area contributed by atoms with E-state index in [1.807, 2.05) is 6.92 Å². The molecule has 3 aliphatic rings. The van der Waals surface area contributed by atoms with Crippen molar-refractivity contribution < 1.29 is 4.79 Å². The largest absolute Gasteiger partial charge is 0.328 e. The monoisotopic (exact) mass is 348 g/mol. The van der Waals surface area contributed by atoms with Gasteiger partial charge in [0.05, 0.1) is 6.04 Å². The Kier molecular flexibility index (Phi) is 4.77. The van der Waals surface area contributed by atoms with Gasteiger partial charge in [0.25, 0.3) is 0 Å². The highest BCUT2D eigenvalue weighted by Crippen LogP contribution is 2.42. The van der Waals surface area contributed by atoms with Crippen molar-refractivity contribution in [3.8, 4) is 0 Å². The number of aryl methyl sites for hydroxylation is 1. The summed E-state index contributed by atoms with van der Waals surface area (Å²) >= 11 is 1.68. The molecule has 5 nitrogen and oxygen atoms in total. The van der Waals surface area contributed by atoms with Crippen molar-refractivity contribution in [1.29, 1.82) is 0 Å². The van der Waals surface area contributed by atoms with Crippen molar-refractivity contribution in [3.63, 3.8) is 0 Å². The second-order valence-electron chi connectivity index (χ2n) is 7.59. The third-order valence-corrected chi connectivity index (χ3v) is 6.63. The van der Waals surface area contributed by atoms with Gasteiger partial charge in [-0.2, -0.15) is 0 Å². The molecule has 132 valence electrons. The number of nitrogens with zero attached hydrogens (tertiary/aromatic N) is 3. The van der Waals surface area contributed by atoms with E-state index in [9.17, 15) is 4.79 Å². The Morgan fingerprint density at radius 3 is 2.75 bits per heavy atom. The molecule has 0 spiro atoms. The van der Waals surface area contributed by atoms with Gasteiger partial charge in [0.1, 0.15) is 5.01 Å². The summed E-state index contributed by atoms with van der Waals surface area (Å²) in [5.41, 5.74) is 1.06. The molecule has 0 aromatic carbocycles. The Morgan fingerprint density at radius 2 is 2.08 bits per heavy atom. The van der Waals surface area contributed by atoms with Gasteiger partial charge >= 0.3 is 6.03 Å². The zero-order valence-electron chi connectivity index (χ0n) is 14.5. The van der Waals surface area contributed by atoms with Crippen LogP contribution in [0.2, 0.25) is 0 Å². The number of hydrogen-bond donors (Lipinski definition) is 1. The average Bonchev–Trinajstić information content (AvgIpc) is 2.96. The molecule has 1 aromatic heterocycles. The first kappa shape index (κ1) is 16.3. The molecule has 1 aromatic rings. The zero-order chi connectivity index (χ0) is 16.5. The predicted octanol–water partition coefficient (Wildman–Crippen LogP) is 3.17. The lowest BCUT2D eigenvalue weighted by Crippen LogP contribution is -2.48. The van der Waals surface area contributed by atoms with Crippen LogP contribution in [0.15, 0.2) is 5.38 Å². The number of urea groups is 1. The molecule has 1 aliphatic carbocycles. The summed E-state index contributed by atoms with van der Waals surface area (Å²) in [4.78, 5) is 22.2. The summed E-state index contributed by atoms with van der Waals surface area (Å²) in [6.45, 7) is 6.39. The molecular weight excluding hydrogens is 320 g/mol. The maximum Gasteiger partial charge on any atom is 0.318 e. The first-order valence-corrected chi connectivity index (χ1v) is 10.3. The minimum absolute atomic E-state index is 0.115. The number of nitrogens with one attached hydrogen (secondary N) is 1. The van der Waals surface area contributed by atoms with Crippen LogP contribution in [0.5, 0.6) is 0 Å². The average molecular weight is 349 g/mol. The van der Waals surface area contributed by atoms with Gasteiger partial charge in [-0.3, -0.25) is 0 Å². The Labute approximate surface area is 148 Å². The van der Waals surface area contributed by atoms with E-state index in [1.165, 1.54) is 38.8 Å². The van der Waals surface area contributed by atoms with Crippen LogP contribution in [0.4, 0.5) is 4.79 Å². The lowest BCUT2D eigenvalue weighted by atomic mass is 10.2. The van der Waals surface area contributed by atoms with Crippen LogP contribution in [-0.4, -0.2) is 53.0 Å². The van der Waals surface area contributed by atoms with Crippen LogP contribution >= 0.6 is 11.3 Å². The van der Waals surface area contributed by atoms with Gasteiger partial charge in [-0.1, -0.05) is 0 Å². The van der Waals surface area contributed by atoms with E-state index in [4.69, 9.17) is 0 Å². The van der Waals surface area contributed by atoms with Gasteiger partial charge in [0, 0.05) is 30.2 Å². The molecule has 2 amide bonds. The van der Waals surface area contributed by atoms with E-state index in [-0.39, 0.29) is 12.1 Å². The van der Waals surface area contributed by atoms with Crippen molar-refractivity contribution in [3.05, 3.63) is 16.1 Å². The van der Waals surface area contributed by atoms with E-state index in [0.29, 0.717) is 12.0 Å². The molecule has 0 bridgehead atoms. The van der Waals surface area contributed by atoms with Crippen molar-refractivity contribution in [1.82, 2.24) is 20.1 Å². The van der Waals surface area contributed by atoms with Crippen LogP contribution in [0.1, 0.15) is 55.3 Å². The quantitative estimate of drug-likeness (QED) is 0.889. The van der Waals surface area contributed by atoms with Crippen molar-refractivity contribution in [2.45, 2.75) is 57.5 Å². The summed E-state index contributed by atoms with van der Waals surface area (Å²) < 4.78 is 0. The lowest BCUT2D eigenvalue weighted by Gasteiger charge is -2.30. The first-order chi connectivity index (χ1) is 11.7. The van der Waals surface area contributed by atoms with Crippen LogP contribution in [-0.2, 0) is 0 Å². The minimum atomic E-state index is 0.115. The molecule has 2 saturated heterocycles. The number of amides is 2. The summed E-state index contributed by atoms with van der Waals surface area (Å²) in [6.07, 6.45) is 7.32. The van der Waals surface area contributed by atoms with E-state index in [2.05, 4.69) is 25.5 Å². The molecule has 2 atom stereocenters. The van der Waals surface area contributed by atoms with Gasteiger partial charge in [-0.25, -0.2) is 9.78 Å². The molecule has 3 fully saturated rings. The molecule has 1 N–H and O–H groups in total. The molecule has 0 radical (unpaired) electrons. The van der Waals surface area contributed by atoms with Crippen LogP contribution < -0.4 is 5.32 Å². The van der Waals surface area contributed by atoms with Gasteiger partial charge in [-0.05, 0) is 64.5 Å².